The molecule has 0 saturated carbocycles. The van der Waals surface area contributed by atoms with Crippen molar-refractivity contribution in [3.05, 3.63) is 39.7 Å². The largest absolute Gasteiger partial charge is 0.325 e. The molecule has 1 heterocycles. The van der Waals surface area contributed by atoms with Crippen LogP contribution in [0, 0.1) is 0 Å². The van der Waals surface area contributed by atoms with E-state index in [1.807, 2.05) is 0 Å². The van der Waals surface area contributed by atoms with Crippen LogP contribution in [0.2, 0.25) is 0 Å². The summed E-state index contributed by atoms with van der Waals surface area (Å²) in [7, 11) is 0. The quantitative estimate of drug-likeness (QED) is 0.526. The maximum absolute atomic E-state index is 11.0. The first-order valence-corrected chi connectivity index (χ1v) is 4.28. The summed E-state index contributed by atoms with van der Waals surface area (Å²) in [5.74, 6) is 0.648. The molecule has 0 aliphatic heterocycles. The predicted molar refractivity (Wildman–Crippen MR) is 48.6 cm³/mol. The third kappa shape index (κ3) is 2.13. The predicted octanol–water partition coefficient (Wildman–Crippen LogP) is 0.341. The van der Waals surface area contributed by atoms with E-state index in [4.69, 9.17) is 0 Å². The van der Waals surface area contributed by atoms with E-state index in [-0.39, 0.29) is 5.56 Å². The zero-order valence-electron chi connectivity index (χ0n) is 6.29. The number of thioether (sulfide) groups is 1. The summed E-state index contributed by atoms with van der Waals surface area (Å²) < 4.78 is 0. The van der Waals surface area contributed by atoms with Gasteiger partial charge in [-0.15, -0.1) is 18.3 Å². The van der Waals surface area contributed by atoms with E-state index in [2.05, 4.69) is 16.5 Å². The fourth-order valence-electron chi connectivity index (χ4n) is 0.653. The van der Waals surface area contributed by atoms with Gasteiger partial charge in [0.1, 0.15) is 0 Å². The minimum atomic E-state index is -0.483. The van der Waals surface area contributed by atoms with Crippen LogP contribution < -0.4 is 11.2 Å². The first-order valence-electron chi connectivity index (χ1n) is 3.29. The summed E-state index contributed by atoms with van der Waals surface area (Å²) >= 11 is 1.32. The molecule has 12 heavy (non-hydrogen) atoms. The Morgan fingerprint density at radius 3 is 2.92 bits per heavy atom. The van der Waals surface area contributed by atoms with E-state index in [9.17, 15) is 9.59 Å². The molecule has 0 fully saturated rings. The first kappa shape index (κ1) is 8.86. The molecule has 0 atom stereocenters. The van der Waals surface area contributed by atoms with Gasteiger partial charge in [-0.05, 0) is 0 Å². The molecule has 1 aromatic rings. The molecule has 0 saturated heterocycles. The van der Waals surface area contributed by atoms with Crippen LogP contribution in [0.1, 0.15) is 0 Å². The van der Waals surface area contributed by atoms with Crippen molar-refractivity contribution in [1.29, 1.82) is 0 Å². The topological polar surface area (TPSA) is 65.7 Å². The average molecular weight is 184 g/mol. The van der Waals surface area contributed by atoms with Crippen LogP contribution in [-0.2, 0) is 0 Å². The lowest BCUT2D eigenvalue weighted by Gasteiger charge is -1.93. The lowest BCUT2D eigenvalue weighted by atomic mass is 10.7. The average Bonchev–Trinajstić information content (AvgIpc) is 2.03. The molecule has 1 rings (SSSR count). The van der Waals surface area contributed by atoms with E-state index in [0.29, 0.717) is 10.6 Å². The van der Waals surface area contributed by atoms with Gasteiger partial charge < -0.3 is 4.98 Å². The van der Waals surface area contributed by atoms with E-state index >= 15 is 0 Å². The number of hydrogen-bond donors (Lipinski definition) is 2. The van der Waals surface area contributed by atoms with Crippen molar-refractivity contribution in [2.45, 2.75) is 4.90 Å². The van der Waals surface area contributed by atoms with Gasteiger partial charge in [-0.2, -0.15) is 0 Å². The summed E-state index contributed by atoms with van der Waals surface area (Å²) in [5, 5.41) is 0. The van der Waals surface area contributed by atoms with Gasteiger partial charge in [-0.25, -0.2) is 4.79 Å². The van der Waals surface area contributed by atoms with Gasteiger partial charge in [0.15, 0.2) is 0 Å². The second-order valence-electron chi connectivity index (χ2n) is 2.04. The molecule has 0 aliphatic carbocycles. The van der Waals surface area contributed by atoms with Crippen LogP contribution in [0.15, 0.2) is 33.3 Å². The van der Waals surface area contributed by atoms with Crippen LogP contribution in [0.3, 0.4) is 0 Å². The molecular formula is C7H8N2O2S. The van der Waals surface area contributed by atoms with Crippen LogP contribution in [0.25, 0.3) is 0 Å². The second kappa shape index (κ2) is 3.96. The Balaban J connectivity index is 2.94. The Bertz CT molecular complexity index is 379. The highest BCUT2D eigenvalue weighted by molar-refractivity contribution is 7.99. The zero-order chi connectivity index (χ0) is 8.97. The summed E-state index contributed by atoms with van der Waals surface area (Å²) in [6.07, 6.45) is 3.09. The lowest BCUT2D eigenvalue weighted by molar-refractivity contribution is 0.977. The molecule has 5 heteroatoms. The monoisotopic (exact) mass is 184 g/mol. The van der Waals surface area contributed by atoms with Crippen molar-refractivity contribution in [3.63, 3.8) is 0 Å². The zero-order valence-corrected chi connectivity index (χ0v) is 7.11. The molecule has 2 N–H and O–H groups in total. The van der Waals surface area contributed by atoms with Gasteiger partial charge in [0.25, 0.3) is 5.56 Å². The number of rotatable bonds is 3. The van der Waals surface area contributed by atoms with E-state index in [1.165, 1.54) is 18.0 Å². The van der Waals surface area contributed by atoms with Crippen molar-refractivity contribution in [2.24, 2.45) is 0 Å². The van der Waals surface area contributed by atoms with Gasteiger partial charge >= 0.3 is 5.69 Å². The minimum Gasteiger partial charge on any atom is -0.313 e. The Labute approximate surface area is 72.7 Å². The van der Waals surface area contributed by atoms with Gasteiger partial charge in [-0.1, -0.05) is 6.08 Å². The molecule has 0 unspecified atom stereocenters. The maximum Gasteiger partial charge on any atom is 0.325 e. The van der Waals surface area contributed by atoms with Crippen molar-refractivity contribution in [1.82, 2.24) is 9.97 Å². The summed E-state index contributed by atoms with van der Waals surface area (Å²) in [6.45, 7) is 3.52. The molecular weight excluding hydrogens is 176 g/mol. The van der Waals surface area contributed by atoms with Crippen LogP contribution in [0.5, 0.6) is 0 Å². The summed E-state index contributed by atoms with van der Waals surface area (Å²) in [5.41, 5.74) is -0.839. The Hall–Kier alpha value is -1.23. The maximum atomic E-state index is 11.0. The highest BCUT2D eigenvalue weighted by Crippen LogP contribution is 2.09. The van der Waals surface area contributed by atoms with E-state index in [0.717, 1.165) is 0 Å². The molecule has 0 radical (unpaired) electrons. The number of nitrogens with one attached hydrogen (secondary N) is 2. The molecule has 4 nitrogen and oxygen atoms in total. The number of aromatic amines is 2. The third-order valence-electron chi connectivity index (χ3n) is 1.14. The van der Waals surface area contributed by atoms with E-state index < -0.39 is 5.69 Å². The van der Waals surface area contributed by atoms with Crippen LogP contribution in [-0.4, -0.2) is 15.7 Å². The van der Waals surface area contributed by atoms with Crippen LogP contribution >= 0.6 is 11.8 Å². The second-order valence-corrected chi connectivity index (χ2v) is 3.10. The Kier molecular flexibility index (Phi) is 2.93. The Morgan fingerprint density at radius 1 is 1.58 bits per heavy atom. The Morgan fingerprint density at radius 2 is 2.33 bits per heavy atom. The fraction of sp³-hybridized carbons (Fsp3) is 0.143. The third-order valence-corrected chi connectivity index (χ3v) is 2.16. The summed E-state index contributed by atoms with van der Waals surface area (Å²) in [4.78, 5) is 26.6. The standard InChI is InChI=1S/C7H8N2O2S/c1-2-3-12-5-4-8-7(11)9-6(5)10/h2,4H,1,3H2,(H2,8,9,10,11). The summed E-state index contributed by atoms with van der Waals surface area (Å²) in [6, 6.07) is 0. The SMILES string of the molecule is C=CCSc1c[nH]c(=O)[nH]c1=O. The number of hydrogen-bond acceptors (Lipinski definition) is 3. The molecule has 1 aromatic heterocycles. The number of aromatic nitrogens is 2. The van der Waals surface area contributed by atoms with Crippen LogP contribution in [0.4, 0.5) is 0 Å². The van der Waals surface area contributed by atoms with Crippen molar-refractivity contribution in [3.8, 4) is 0 Å². The van der Waals surface area contributed by atoms with Crippen molar-refractivity contribution in [2.75, 3.05) is 5.75 Å². The van der Waals surface area contributed by atoms with Gasteiger partial charge in [0.2, 0.25) is 0 Å². The molecule has 64 valence electrons. The van der Waals surface area contributed by atoms with Gasteiger partial charge in [-0.3, -0.25) is 9.78 Å². The lowest BCUT2D eigenvalue weighted by Crippen LogP contribution is -2.22. The highest BCUT2D eigenvalue weighted by atomic mass is 32.2. The molecule has 0 amide bonds. The molecule has 0 spiro atoms. The number of H-pyrrole nitrogens is 2. The first-order chi connectivity index (χ1) is 5.74. The minimum absolute atomic E-state index is 0.356. The van der Waals surface area contributed by atoms with Crippen molar-refractivity contribution >= 4 is 11.8 Å². The molecule has 0 bridgehead atoms. The smallest absolute Gasteiger partial charge is 0.313 e. The molecule has 0 aliphatic rings. The highest BCUT2D eigenvalue weighted by Gasteiger charge is 1.97. The van der Waals surface area contributed by atoms with E-state index in [1.54, 1.807) is 6.08 Å². The fourth-order valence-corrected chi connectivity index (χ4v) is 1.28. The van der Waals surface area contributed by atoms with Crippen molar-refractivity contribution < 1.29 is 0 Å². The van der Waals surface area contributed by atoms with Gasteiger partial charge in [0, 0.05) is 11.9 Å². The molecule has 0 aromatic carbocycles. The normalized spacial score (nSPS) is 9.67. The van der Waals surface area contributed by atoms with Gasteiger partial charge in [0.05, 0.1) is 4.90 Å².